The fourth-order valence-corrected chi connectivity index (χ4v) is 0.352. The van der Waals surface area contributed by atoms with E-state index in [2.05, 4.69) is 16.6 Å². The van der Waals surface area contributed by atoms with E-state index in [1.165, 1.54) is 12.4 Å². The highest BCUT2D eigenvalue weighted by molar-refractivity contribution is 6.28. The van der Waals surface area contributed by atoms with E-state index in [9.17, 15) is 0 Å². The van der Waals surface area contributed by atoms with Crippen LogP contribution in [0.1, 0.15) is 6.92 Å². The van der Waals surface area contributed by atoms with E-state index in [1.54, 1.807) is 0 Å². The molecule has 0 saturated carbocycles. The Hall–Kier alpha value is -1.12. The summed E-state index contributed by atoms with van der Waals surface area (Å²) in [5.74, 6) is 0.442. The molecule has 9 heavy (non-hydrogen) atoms. The summed E-state index contributed by atoms with van der Waals surface area (Å²) in [5.41, 5.74) is 5.32. The molecule has 0 unspecified atom stereocenters. The van der Waals surface area contributed by atoms with Gasteiger partial charge in [-0.25, -0.2) is 0 Å². The molecule has 0 amide bonds. The SMILES string of the molecule is C=CN=CC(N)=NCC. The van der Waals surface area contributed by atoms with Crippen LogP contribution in [0, 0.1) is 0 Å². The van der Waals surface area contributed by atoms with Gasteiger partial charge in [-0.2, -0.15) is 0 Å². The van der Waals surface area contributed by atoms with Crippen LogP contribution in [-0.2, 0) is 0 Å². The lowest BCUT2D eigenvalue weighted by atomic mass is 10.6. The molecule has 0 aromatic heterocycles. The molecule has 0 radical (unpaired) electrons. The Labute approximate surface area is 55.0 Å². The summed E-state index contributed by atoms with van der Waals surface area (Å²) in [4.78, 5) is 7.53. The predicted octanol–water partition coefficient (Wildman–Crippen LogP) is 0.578. The third kappa shape index (κ3) is 4.74. The molecule has 0 atom stereocenters. The average molecular weight is 125 g/mol. The second-order valence-corrected chi connectivity index (χ2v) is 1.36. The molecule has 0 saturated heterocycles. The Morgan fingerprint density at radius 2 is 2.44 bits per heavy atom. The van der Waals surface area contributed by atoms with Gasteiger partial charge in [-0.05, 0) is 6.92 Å². The molecule has 0 aromatic rings. The van der Waals surface area contributed by atoms with E-state index in [0.29, 0.717) is 12.4 Å². The zero-order valence-electron chi connectivity index (χ0n) is 5.54. The van der Waals surface area contributed by atoms with Crippen LogP contribution in [0.3, 0.4) is 0 Å². The van der Waals surface area contributed by atoms with Gasteiger partial charge in [0.2, 0.25) is 0 Å². The molecular weight excluding hydrogens is 114 g/mol. The van der Waals surface area contributed by atoms with Crippen molar-refractivity contribution in [2.75, 3.05) is 6.54 Å². The molecule has 0 fully saturated rings. The summed E-state index contributed by atoms with van der Waals surface area (Å²) in [7, 11) is 0. The highest BCUT2D eigenvalue weighted by atomic mass is 14.9. The number of nitrogens with two attached hydrogens (primary N) is 1. The average Bonchev–Trinajstić information content (AvgIpc) is 1.85. The lowest BCUT2D eigenvalue weighted by molar-refractivity contribution is 1.13. The van der Waals surface area contributed by atoms with Crippen LogP contribution in [0.15, 0.2) is 22.8 Å². The van der Waals surface area contributed by atoms with Gasteiger partial charge in [0.25, 0.3) is 0 Å². The molecule has 0 rings (SSSR count). The van der Waals surface area contributed by atoms with Crippen molar-refractivity contribution in [3.05, 3.63) is 12.8 Å². The summed E-state index contributed by atoms with van der Waals surface area (Å²) >= 11 is 0. The zero-order valence-corrected chi connectivity index (χ0v) is 5.54. The second kappa shape index (κ2) is 5.03. The fraction of sp³-hybridized carbons (Fsp3) is 0.333. The van der Waals surface area contributed by atoms with Crippen molar-refractivity contribution in [3.63, 3.8) is 0 Å². The maximum atomic E-state index is 5.32. The first-order valence-corrected chi connectivity index (χ1v) is 2.75. The van der Waals surface area contributed by atoms with Crippen molar-refractivity contribution in [1.29, 1.82) is 0 Å². The largest absolute Gasteiger partial charge is 0.383 e. The van der Waals surface area contributed by atoms with Crippen molar-refractivity contribution in [3.8, 4) is 0 Å². The number of hydrogen-bond donors (Lipinski definition) is 1. The van der Waals surface area contributed by atoms with Gasteiger partial charge in [0.1, 0.15) is 5.84 Å². The van der Waals surface area contributed by atoms with Crippen LogP contribution in [-0.4, -0.2) is 18.6 Å². The van der Waals surface area contributed by atoms with Gasteiger partial charge in [0.15, 0.2) is 0 Å². The molecule has 2 N–H and O–H groups in total. The lowest BCUT2D eigenvalue weighted by Gasteiger charge is -1.85. The number of hydrogen-bond acceptors (Lipinski definition) is 2. The number of nitrogens with zero attached hydrogens (tertiary/aromatic N) is 2. The van der Waals surface area contributed by atoms with Crippen molar-refractivity contribution < 1.29 is 0 Å². The van der Waals surface area contributed by atoms with Gasteiger partial charge in [0.05, 0.1) is 6.21 Å². The van der Waals surface area contributed by atoms with Crippen molar-refractivity contribution in [2.24, 2.45) is 15.7 Å². The Balaban J connectivity index is 3.74. The molecule has 0 aliphatic carbocycles. The molecular formula is C6H11N3. The zero-order chi connectivity index (χ0) is 7.11. The summed E-state index contributed by atoms with van der Waals surface area (Å²) in [6.45, 7) is 5.99. The number of rotatable bonds is 3. The first kappa shape index (κ1) is 7.88. The smallest absolute Gasteiger partial charge is 0.136 e. The van der Waals surface area contributed by atoms with Gasteiger partial charge in [0, 0.05) is 12.7 Å². The highest BCUT2D eigenvalue weighted by Gasteiger charge is 1.77. The Bertz CT molecular complexity index is 135. The van der Waals surface area contributed by atoms with Gasteiger partial charge in [-0.1, -0.05) is 6.58 Å². The number of amidine groups is 1. The number of aliphatic imine (C=N–C) groups is 2. The summed E-state index contributed by atoms with van der Waals surface area (Å²) in [6.07, 6.45) is 2.88. The molecule has 0 aliphatic rings. The Morgan fingerprint density at radius 1 is 1.78 bits per heavy atom. The summed E-state index contributed by atoms with van der Waals surface area (Å²) in [6, 6.07) is 0. The second-order valence-electron chi connectivity index (χ2n) is 1.36. The van der Waals surface area contributed by atoms with Crippen LogP contribution in [0.4, 0.5) is 0 Å². The van der Waals surface area contributed by atoms with E-state index < -0.39 is 0 Å². The molecule has 0 aliphatic heterocycles. The van der Waals surface area contributed by atoms with Crippen LogP contribution >= 0.6 is 0 Å². The maximum absolute atomic E-state index is 5.32. The minimum atomic E-state index is 0.442. The first-order valence-electron chi connectivity index (χ1n) is 2.75. The topological polar surface area (TPSA) is 50.7 Å². The third-order valence-electron chi connectivity index (χ3n) is 0.653. The van der Waals surface area contributed by atoms with E-state index in [-0.39, 0.29) is 0 Å². The third-order valence-corrected chi connectivity index (χ3v) is 0.653. The molecule has 3 nitrogen and oxygen atoms in total. The van der Waals surface area contributed by atoms with Crippen LogP contribution in [0.5, 0.6) is 0 Å². The van der Waals surface area contributed by atoms with Gasteiger partial charge < -0.3 is 5.73 Å². The highest BCUT2D eigenvalue weighted by Crippen LogP contribution is 1.68. The van der Waals surface area contributed by atoms with Gasteiger partial charge in [-0.3, -0.25) is 9.98 Å². The normalized spacial score (nSPS) is 12.3. The van der Waals surface area contributed by atoms with E-state index >= 15 is 0 Å². The van der Waals surface area contributed by atoms with Crippen molar-refractivity contribution in [1.82, 2.24) is 0 Å². The lowest BCUT2D eigenvalue weighted by Crippen LogP contribution is -2.12. The summed E-state index contributed by atoms with van der Waals surface area (Å²) in [5, 5.41) is 0. The Kier molecular flexibility index (Phi) is 4.40. The van der Waals surface area contributed by atoms with Gasteiger partial charge >= 0.3 is 0 Å². The quantitative estimate of drug-likeness (QED) is 0.435. The summed E-state index contributed by atoms with van der Waals surface area (Å²) < 4.78 is 0. The van der Waals surface area contributed by atoms with Crippen molar-refractivity contribution >= 4 is 12.1 Å². The van der Waals surface area contributed by atoms with Crippen molar-refractivity contribution in [2.45, 2.75) is 6.92 Å². The molecule has 50 valence electrons. The van der Waals surface area contributed by atoms with Crippen LogP contribution in [0.2, 0.25) is 0 Å². The molecule has 0 aromatic carbocycles. The standard InChI is InChI=1S/C6H11N3/c1-3-8-5-6(7)9-4-2/h3,5H,1,4H2,2H3,(H2,7,9). The van der Waals surface area contributed by atoms with Crippen LogP contribution < -0.4 is 5.73 Å². The molecule has 3 heteroatoms. The van der Waals surface area contributed by atoms with Gasteiger partial charge in [-0.15, -0.1) is 0 Å². The monoisotopic (exact) mass is 125 g/mol. The van der Waals surface area contributed by atoms with E-state index in [0.717, 1.165) is 0 Å². The Morgan fingerprint density at radius 3 is 2.89 bits per heavy atom. The molecule has 0 bridgehead atoms. The molecule has 0 spiro atoms. The minimum Gasteiger partial charge on any atom is -0.383 e. The van der Waals surface area contributed by atoms with E-state index in [1.807, 2.05) is 6.92 Å². The maximum Gasteiger partial charge on any atom is 0.136 e. The van der Waals surface area contributed by atoms with Crippen LogP contribution in [0.25, 0.3) is 0 Å². The van der Waals surface area contributed by atoms with E-state index in [4.69, 9.17) is 5.73 Å². The fourth-order valence-electron chi connectivity index (χ4n) is 0.352. The first-order chi connectivity index (χ1) is 4.31. The molecule has 0 heterocycles. The predicted molar refractivity (Wildman–Crippen MR) is 40.9 cm³/mol. The minimum absolute atomic E-state index is 0.442.